The van der Waals surface area contributed by atoms with Gasteiger partial charge in [0.1, 0.15) is 0 Å². The first kappa shape index (κ1) is 14.5. The van der Waals surface area contributed by atoms with Crippen molar-refractivity contribution in [2.45, 2.75) is 50.3 Å². The molecule has 1 amide bonds. The molecule has 1 heterocycles. The van der Waals surface area contributed by atoms with Crippen molar-refractivity contribution >= 4 is 5.91 Å². The molecule has 1 aromatic rings. The highest BCUT2D eigenvalue weighted by molar-refractivity contribution is 5.94. The fourth-order valence-corrected chi connectivity index (χ4v) is 3.54. The average molecular weight is 288 g/mol. The second-order valence-electron chi connectivity index (χ2n) is 6.26. The van der Waals surface area contributed by atoms with Gasteiger partial charge in [-0.25, -0.2) is 0 Å². The maximum absolute atomic E-state index is 12.2. The van der Waals surface area contributed by atoms with E-state index >= 15 is 0 Å². The van der Waals surface area contributed by atoms with Gasteiger partial charge in [0, 0.05) is 24.7 Å². The van der Waals surface area contributed by atoms with Crippen LogP contribution in [0.5, 0.6) is 0 Å². The molecule has 1 saturated carbocycles. The molecule has 2 N–H and O–H groups in total. The average Bonchev–Trinajstić information content (AvgIpc) is 2.90. The summed E-state index contributed by atoms with van der Waals surface area (Å²) in [5.41, 5.74) is 0.654. The zero-order valence-corrected chi connectivity index (χ0v) is 12.4. The molecule has 0 aromatic heterocycles. The highest BCUT2D eigenvalue weighted by Gasteiger charge is 2.36. The zero-order chi connectivity index (χ0) is 14.7. The molecule has 0 radical (unpaired) electrons. The van der Waals surface area contributed by atoms with E-state index in [2.05, 4.69) is 10.2 Å². The lowest BCUT2D eigenvalue weighted by molar-refractivity contribution is 0.0887. The summed E-state index contributed by atoms with van der Waals surface area (Å²) in [5, 5.41) is 13.2. The quantitative estimate of drug-likeness (QED) is 0.891. The van der Waals surface area contributed by atoms with Crippen LogP contribution in [-0.2, 0) is 0 Å². The van der Waals surface area contributed by atoms with Crippen LogP contribution in [-0.4, -0.2) is 47.2 Å². The van der Waals surface area contributed by atoms with E-state index in [0.717, 1.165) is 6.54 Å². The van der Waals surface area contributed by atoms with Crippen molar-refractivity contribution in [3.63, 3.8) is 0 Å². The van der Waals surface area contributed by atoms with Crippen LogP contribution in [0.2, 0.25) is 0 Å². The van der Waals surface area contributed by atoms with Crippen LogP contribution in [0.1, 0.15) is 42.5 Å². The van der Waals surface area contributed by atoms with Crippen LogP contribution >= 0.6 is 0 Å². The van der Waals surface area contributed by atoms with E-state index in [0.29, 0.717) is 18.2 Å². The molecule has 2 unspecified atom stereocenters. The van der Waals surface area contributed by atoms with E-state index in [9.17, 15) is 9.90 Å². The van der Waals surface area contributed by atoms with Crippen LogP contribution in [0.25, 0.3) is 0 Å². The lowest BCUT2D eigenvalue weighted by atomic mass is 9.94. The molecule has 2 aliphatic rings. The SMILES string of the molecule is O=C(NC1CN(C2CCCCC2)CC1O)c1ccccc1. The number of aliphatic hydroxyl groups excluding tert-OH is 1. The molecule has 1 saturated heterocycles. The van der Waals surface area contributed by atoms with E-state index in [1.54, 1.807) is 12.1 Å². The molecule has 1 aromatic carbocycles. The van der Waals surface area contributed by atoms with Gasteiger partial charge in [0.15, 0.2) is 0 Å². The van der Waals surface area contributed by atoms with Crippen LogP contribution in [0.3, 0.4) is 0 Å². The number of hydrogen-bond acceptors (Lipinski definition) is 3. The van der Waals surface area contributed by atoms with E-state index in [1.165, 1.54) is 32.1 Å². The van der Waals surface area contributed by atoms with Crippen LogP contribution in [0.4, 0.5) is 0 Å². The Morgan fingerprint density at radius 3 is 2.52 bits per heavy atom. The Kier molecular flexibility index (Phi) is 4.56. The van der Waals surface area contributed by atoms with Gasteiger partial charge in [0.05, 0.1) is 12.1 Å². The third kappa shape index (κ3) is 3.44. The number of carbonyl (C=O) groups excluding carboxylic acids is 1. The lowest BCUT2D eigenvalue weighted by Crippen LogP contribution is -2.43. The Labute approximate surface area is 126 Å². The Balaban J connectivity index is 1.57. The minimum atomic E-state index is -0.459. The van der Waals surface area contributed by atoms with E-state index in [1.807, 2.05) is 18.2 Å². The van der Waals surface area contributed by atoms with Gasteiger partial charge in [-0.2, -0.15) is 0 Å². The van der Waals surface area contributed by atoms with Crippen LogP contribution in [0.15, 0.2) is 30.3 Å². The number of likely N-dealkylation sites (tertiary alicyclic amines) is 1. The molecule has 2 fully saturated rings. The smallest absolute Gasteiger partial charge is 0.251 e. The topological polar surface area (TPSA) is 52.6 Å². The number of rotatable bonds is 3. The van der Waals surface area contributed by atoms with Crippen molar-refractivity contribution in [1.29, 1.82) is 0 Å². The third-order valence-corrected chi connectivity index (χ3v) is 4.76. The summed E-state index contributed by atoms with van der Waals surface area (Å²) in [5.74, 6) is -0.0925. The van der Waals surface area contributed by atoms with Crippen LogP contribution < -0.4 is 5.32 Å². The van der Waals surface area contributed by atoms with Crippen molar-refractivity contribution < 1.29 is 9.90 Å². The highest BCUT2D eigenvalue weighted by Crippen LogP contribution is 2.25. The summed E-state index contributed by atoms with van der Waals surface area (Å²) in [6, 6.07) is 9.64. The van der Waals surface area contributed by atoms with Crippen molar-refractivity contribution in [2.75, 3.05) is 13.1 Å². The zero-order valence-electron chi connectivity index (χ0n) is 12.4. The summed E-state index contributed by atoms with van der Waals surface area (Å²) in [7, 11) is 0. The van der Waals surface area contributed by atoms with Gasteiger partial charge in [-0.05, 0) is 25.0 Å². The molecule has 0 spiro atoms. The van der Waals surface area contributed by atoms with Gasteiger partial charge in [-0.1, -0.05) is 37.5 Å². The number of nitrogens with zero attached hydrogens (tertiary/aromatic N) is 1. The number of carbonyl (C=O) groups is 1. The molecule has 0 bridgehead atoms. The highest BCUT2D eigenvalue weighted by atomic mass is 16.3. The van der Waals surface area contributed by atoms with Gasteiger partial charge >= 0.3 is 0 Å². The molecule has 4 heteroatoms. The number of aliphatic hydroxyl groups is 1. The molecule has 1 aliphatic heterocycles. The molecule has 2 atom stereocenters. The minimum Gasteiger partial charge on any atom is -0.390 e. The van der Waals surface area contributed by atoms with Crippen molar-refractivity contribution in [2.24, 2.45) is 0 Å². The summed E-state index contributed by atoms with van der Waals surface area (Å²) in [4.78, 5) is 14.5. The monoisotopic (exact) mass is 288 g/mol. The summed E-state index contributed by atoms with van der Waals surface area (Å²) >= 11 is 0. The normalized spacial score (nSPS) is 27.7. The number of nitrogens with one attached hydrogen (secondary N) is 1. The standard InChI is InChI=1S/C17H24N2O2/c20-16-12-19(14-9-5-2-6-10-14)11-15(16)18-17(21)13-7-3-1-4-8-13/h1,3-4,7-8,14-16,20H,2,5-6,9-12H2,(H,18,21). The van der Waals surface area contributed by atoms with E-state index in [-0.39, 0.29) is 11.9 Å². The first-order chi connectivity index (χ1) is 10.2. The third-order valence-electron chi connectivity index (χ3n) is 4.76. The second kappa shape index (κ2) is 6.58. The van der Waals surface area contributed by atoms with Gasteiger partial charge in [0.25, 0.3) is 5.91 Å². The molecular formula is C17H24N2O2. The number of β-amino-alcohol motifs (C(OH)–C–C–N with tert-alkyl or cyclic N) is 1. The Morgan fingerprint density at radius 1 is 1.10 bits per heavy atom. The first-order valence-corrected chi connectivity index (χ1v) is 8.02. The molecule has 3 rings (SSSR count). The summed E-state index contributed by atoms with van der Waals surface area (Å²) in [6.45, 7) is 1.45. The predicted octanol–water partition coefficient (Wildman–Crippen LogP) is 1.79. The summed E-state index contributed by atoms with van der Waals surface area (Å²) in [6.07, 6.45) is 5.91. The Bertz CT molecular complexity index is 471. The lowest BCUT2D eigenvalue weighted by Gasteiger charge is -2.30. The van der Waals surface area contributed by atoms with Crippen LogP contribution in [0, 0.1) is 0 Å². The predicted molar refractivity (Wildman–Crippen MR) is 82.1 cm³/mol. The fourth-order valence-electron chi connectivity index (χ4n) is 3.54. The maximum atomic E-state index is 12.2. The molecule has 114 valence electrons. The van der Waals surface area contributed by atoms with E-state index in [4.69, 9.17) is 0 Å². The minimum absolute atomic E-state index is 0.0925. The molecular weight excluding hydrogens is 264 g/mol. The van der Waals surface area contributed by atoms with Gasteiger partial charge in [-0.15, -0.1) is 0 Å². The Morgan fingerprint density at radius 2 is 1.81 bits per heavy atom. The maximum Gasteiger partial charge on any atom is 0.251 e. The molecule has 1 aliphatic carbocycles. The van der Waals surface area contributed by atoms with Crippen molar-refractivity contribution in [3.8, 4) is 0 Å². The first-order valence-electron chi connectivity index (χ1n) is 8.02. The number of benzene rings is 1. The van der Waals surface area contributed by atoms with Gasteiger partial charge < -0.3 is 10.4 Å². The number of hydrogen-bond donors (Lipinski definition) is 2. The number of amides is 1. The molecule has 4 nitrogen and oxygen atoms in total. The molecule has 21 heavy (non-hydrogen) atoms. The second-order valence-corrected chi connectivity index (χ2v) is 6.26. The van der Waals surface area contributed by atoms with Crippen molar-refractivity contribution in [3.05, 3.63) is 35.9 Å². The largest absolute Gasteiger partial charge is 0.390 e. The summed E-state index contributed by atoms with van der Waals surface area (Å²) < 4.78 is 0. The van der Waals surface area contributed by atoms with Gasteiger partial charge in [0.2, 0.25) is 0 Å². The fraction of sp³-hybridized carbons (Fsp3) is 0.588. The van der Waals surface area contributed by atoms with Crippen molar-refractivity contribution in [1.82, 2.24) is 10.2 Å². The van der Waals surface area contributed by atoms with E-state index < -0.39 is 6.10 Å². The Hall–Kier alpha value is -1.39. The van der Waals surface area contributed by atoms with Gasteiger partial charge in [-0.3, -0.25) is 9.69 Å².